The van der Waals surface area contributed by atoms with Gasteiger partial charge in [0.05, 0.1) is 35.4 Å². The van der Waals surface area contributed by atoms with Gasteiger partial charge in [0.2, 0.25) is 5.91 Å². The van der Waals surface area contributed by atoms with Gasteiger partial charge in [-0.3, -0.25) is 19.6 Å². The van der Waals surface area contributed by atoms with Crippen LogP contribution in [-0.2, 0) is 4.79 Å². The van der Waals surface area contributed by atoms with Gasteiger partial charge in [0, 0.05) is 16.2 Å². The summed E-state index contributed by atoms with van der Waals surface area (Å²) in [4.78, 5) is 32.7. The van der Waals surface area contributed by atoms with Crippen LogP contribution in [0.15, 0.2) is 65.4 Å². The summed E-state index contributed by atoms with van der Waals surface area (Å²) in [5.74, 6) is -0.671. The molecule has 1 aromatic carbocycles. The number of benzene rings is 1. The topological polar surface area (TPSA) is 84.0 Å². The zero-order valence-corrected chi connectivity index (χ0v) is 16.2. The van der Waals surface area contributed by atoms with Crippen LogP contribution in [0.25, 0.3) is 11.3 Å². The quantitative estimate of drug-likeness (QED) is 0.655. The third kappa shape index (κ3) is 4.98. The summed E-state index contributed by atoms with van der Waals surface area (Å²) in [6.07, 6.45) is 3.15. The first-order valence-electron chi connectivity index (χ1n) is 8.24. The molecule has 0 atom stereocenters. The predicted octanol–water partition coefficient (Wildman–Crippen LogP) is 3.58. The molecule has 0 saturated heterocycles. The molecule has 2 aromatic heterocycles. The maximum Gasteiger partial charge on any atom is 0.253 e. The average molecular weight is 425 g/mol. The van der Waals surface area contributed by atoms with Crippen molar-refractivity contribution < 1.29 is 9.59 Å². The van der Waals surface area contributed by atoms with E-state index in [0.29, 0.717) is 16.9 Å². The number of aromatic nitrogens is 2. The molecule has 136 valence electrons. The number of nitrogens with zero attached hydrogens (tertiary/aromatic N) is 2. The molecule has 0 unspecified atom stereocenters. The van der Waals surface area contributed by atoms with E-state index in [2.05, 4.69) is 36.5 Å². The van der Waals surface area contributed by atoms with E-state index in [9.17, 15) is 9.59 Å². The Bertz CT molecular complexity index is 977. The lowest BCUT2D eigenvalue weighted by Gasteiger charge is -2.10. The van der Waals surface area contributed by atoms with E-state index in [1.807, 2.05) is 24.3 Å². The van der Waals surface area contributed by atoms with Gasteiger partial charge < -0.3 is 10.6 Å². The van der Waals surface area contributed by atoms with Gasteiger partial charge in [-0.2, -0.15) is 0 Å². The normalized spacial score (nSPS) is 10.3. The second-order valence-corrected chi connectivity index (χ2v) is 6.73. The fraction of sp³-hybridized carbons (Fsp3) is 0.100. The number of carbonyl (C=O) groups is 2. The second kappa shape index (κ2) is 8.55. The smallest absolute Gasteiger partial charge is 0.253 e. The summed E-state index contributed by atoms with van der Waals surface area (Å²) >= 11 is 3.44. The third-order valence-electron chi connectivity index (χ3n) is 3.81. The minimum atomic E-state index is -0.345. The van der Waals surface area contributed by atoms with Crippen molar-refractivity contribution in [2.45, 2.75) is 6.92 Å². The van der Waals surface area contributed by atoms with Crippen molar-refractivity contribution in [3.8, 4) is 11.3 Å². The zero-order valence-electron chi connectivity index (χ0n) is 14.6. The SMILES string of the molecule is Cc1nc(-c2cccc(Br)c2)ccc1C(=O)NCC(=O)Nc1cccnc1. The number of carbonyl (C=O) groups excluding carboxylic acids is 2. The summed E-state index contributed by atoms with van der Waals surface area (Å²) in [6.45, 7) is 1.63. The summed E-state index contributed by atoms with van der Waals surface area (Å²) in [6, 6.07) is 14.7. The average Bonchev–Trinajstić information content (AvgIpc) is 2.67. The Morgan fingerprint density at radius 3 is 2.67 bits per heavy atom. The first-order chi connectivity index (χ1) is 13.0. The molecule has 2 heterocycles. The molecule has 0 spiro atoms. The number of halogens is 1. The van der Waals surface area contributed by atoms with E-state index in [1.54, 1.807) is 37.4 Å². The van der Waals surface area contributed by atoms with Crippen molar-refractivity contribution in [2.75, 3.05) is 11.9 Å². The molecule has 0 aliphatic heterocycles. The molecule has 7 heteroatoms. The van der Waals surface area contributed by atoms with Crippen LogP contribution in [-0.4, -0.2) is 28.3 Å². The van der Waals surface area contributed by atoms with Gasteiger partial charge in [0.25, 0.3) is 5.91 Å². The summed E-state index contributed by atoms with van der Waals surface area (Å²) in [5.41, 5.74) is 3.34. The van der Waals surface area contributed by atoms with Crippen molar-refractivity contribution in [1.29, 1.82) is 0 Å². The number of anilines is 1. The summed E-state index contributed by atoms with van der Waals surface area (Å²) in [7, 11) is 0. The third-order valence-corrected chi connectivity index (χ3v) is 4.30. The van der Waals surface area contributed by atoms with E-state index >= 15 is 0 Å². The van der Waals surface area contributed by atoms with Crippen molar-refractivity contribution in [1.82, 2.24) is 15.3 Å². The molecule has 27 heavy (non-hydrogen) atoms. The van der Waals surface area contributed by atoms with E-state index in [1.165, 1.54) is 6.20 Å². The minimum absolute atomic E-state index is 0.138. The van der Waals surface area contributed by atoms with E-state index in [-0.39, 0.29) is 18.4 Å². The van der Waals surface area contributed by atoms with Crippen LogP contribution < -0.4 is 10.6 Å². The monoisotopic (exact) mass is 424 g/mol. The van der Waals surface area contributed by atoms with Gasteiger partial charge in [-0.1, -0.05) is 28.1 Å². The first kappa shape index (κ1) is 18.7. The highest BCUT2D eigenvalue weighted by molar-refractivity contribution is 9.10. The Labute approximate surface area is 165 Å². The first-order valence-corrected chi connectivity index (χ1v) is 9.04. The molecule has 0 aliphatic rings. The number of rotatable bonds is 5. The molecule has 2 amide bonds. The largest absolute Gasteiger partial charge is 0.343 e. The predicted molar refractivity (Wildman–Crippen MR) is 107 cm³/mol. The molecule has 0 saturated carbocycles. The number of hydrogen-bond acceptors (Lipinski definition) is 4. The van der Waals surface area contributed by atoms with Crippen molar-refractivity contribution in [3.63, 3.8) is 0 Å². The molecule has 0 bridgehead atoms. The van der Waals surface area contributed by atoms with Crippen LogP contribution >= 0.6 is 15.9 Å². The van der Waals surface area contributed by atoms with Crippen LogP contribution in [0.4, 0.5) is 5.69 Å². The molecular weight excluding hydrogens is 408 g/mol. The van der Waals surface area contributed by atoms with Crippen molar-refractivity contribution >= 4 is 33.4 Å². The maximum absolute atomic E-state index is 12.4. The van der Waals surface area contributed by atoms with Crippen LogP contribution in [0.5, 0.6) is 0 Å². The Morgan fingerprint density at radius 1 is 1.11 bits per heavy atom. The number of pyridine rings is 2. The minimum Gasteiger partial charge on any atom is -0.343 e. The molecule has 6 nitrogen and oxygen atoms in total. The number of hydrogen-bond donors (Lipinski definition) is 2. The highest BCUT2D eigenvalue weighted by Crippen LogP contribution is 2.22. The Kier molecular flexibility index (Phi) is 5.93. The molecule has 2 N–H and O–H groups in total. The molecular formula is C20H17BrN4O2. The molecule has 3 rings (SSSR count). The van der Waals surface area contributed by atoms with Gasteiger partial charge >= 0.3 is 0 Å². The fourth-order valence-electron chi connectivity index (χ4n) is 2.51. The van der Waals surface area contributed by atoms with E-state index in [0.717, 1.165) is 15.7 Å². The standard InChI is InChI=1S/C20H17BrN4O2/c1-13-17(7-8-18(24-13)14-4-2-5-15(21)10-14)20(27)23-12-19(26)25-16-6-3-9-22-11-16/h2-11H,12H2,1H3,(H,23,27)(H,25,26). The Balaban J connectivity index is 1.64. The van der Waals surface area contributed by atoms with E-state index < -0.39 is 0 Å². The zero-order chi connectivity index (χ0) is 19.2. The second-order valence-electron chi connectivity index (χ2n) is 5.81. The van der Waals surface area contributed by atoms with Gasteiger partial charge in [0.1, 0.15) is 0 Å². The molecule has 3 aromatic rings. The number of amides is 2. The van der Waals surface area contributed by atoms with Crippen LogP contribution in [0, 0.1) is 6.92 Å². The highest BCUT2D eigenvalue weighted by atomic mass is 79.9. The lowest BCUT2D eigenvalue weighted by molar-refractivity contribution is -0.115. The Hall–Kier alpha value is -3.06. The van der Waals surface area contributed by atoms with E-state index in [4.69, 9.17) is 0 Å². The highest BCUT2D eigenvalue weighted by Gasteiger charge is 2.13. The number of nitrogens with one attached hydrogen (secondary N) is 2. The maximum atomic E-state index is 12.4. The molecule has 0 radical (unpaired) electrons. The lowest BCUT2D eigenvalue weighted by Crippen LogP contribution is -2.33. The Morgan fingerprint density at radius 2 is 1.96 bits per heavy atom. The van der Waals surface area contributed by atoms with Gasteiger partial charge in [-0.15, -0.1) is 0 Å². The van der Waals surface area contributed by atoms with Crippen LogP contribution in [0.2, 0.25) is 0 Å². The van der Waals surface area contributed by atoms with Crippen LogP contribution in [0.3, 0.4) is 0 Å². The van der Waals surface area contributed by atoms with Crippen molar-refractivity contribution in [2.24, 2.45) is 0 Å². The van der Waals surface area contributed by atoms with Gasteiger partial charge in [-0.25, -0.2) is 0 Å². The van der Waals surface area contributed by atoms with Crippen molar-refractivity contribution in [3.05, 3.63) is 76.7 Å². The van der Waals surface area contributed by atoms with Crippen LogP contribution in [0.1, 0.15) is 16.1 Å². The van der Waals surface area contributed by atoms with Gasteiger partial charge in [0.15, 0.2) is 0 Å². The molecule has 0 aliphatic carbocycles. The summed E-state index contributed by atoms with van der Waals surface area (Å²) in [5, 5.41) is 5.27. The molecule has 0 fully saturated rings. The lowest BCUT2D eigenvalue weighted by atomic mass is 10.1. The number of aryl methyl sites for hydroxylation is 1. The summed E-state index contributed by atoms with van der Waals surface area (Å²) < 4.78 is 0.959. The van der Waals surface area contributed by atoms with Gasteiger partial charge in [-0.05, 0) is 43.3 Å². The fourth-order valence-corrected chi connectivity index (χ4v) is 2.91.